The van der Waals surface area contributed by atoms with Gasteiger partial charge in [-0.1, -0.05) is 18.6 Å². The summed E-state index contributed by atoms with van der Waals surface area (Å²) < 4.78 is 5.30. The molecule has 1 heterocycles. The van der Waals surface area contributed by atoms with E-state index in [0.717, 1.165) is 5.75 Å². The number of hydrogen-bond donors (Lipinski definition) is 0. The first-order valence-corrected chi connectivity index (χ1v) is 8.64. The van der Waals surface area contributed by atoms with Gasteiger partial charge >= 0.3 is 0 Å². The maximum absolute atomic E-state index is 5.24. The van der Waals surface area contributed by atoms with Crippen LogP contribution in [0.15, 0.2) is 24.3 Å². The van der Waals surface area contributed by atoms with Crippen LogP contribution in [0.2, 0.25) is 0 Å². The summed E-state index contributed by atoms with van der Waals surface area (Å²) in [5, 5.41) is 0. The number of thioether (sulfide) groups is 1. The number of likely N-dealkylation sites (tertiary alicyclic amines) is 1. The zero-order valence-corrected chi connectivity index (χ0v) is 14.0. The lowest BCUT2D eigenvalue weighted by molar-refractivity contribution is 0.205. The maximum Gasteiger partial charge on any atom is 0.145 e. The molecule has 0 saturated carbocycles. The quantitative estimate of drug-likeness (QED) is 0.446. The van der Waals surface area contributed by atoms with Crippen molar-refractivity contribution in [3.8, 4) is 5.75 Å². The van der Waals surface area contributed by atoms with Gasteiger partial charge in [-0.15, -0.1) is 11.8 Å². The molecule has 2 nitrogen and oxygen atoms in total. The third-order valence-corrected chi connectivity index (χ3v) is 7.14. The molecule has 0 aliphatic carbocycles. The second-order valence-corrected chi connectivity index (χ2v) is 7.83. The van der Waals surface area contributed by atoms with Gasteiger partial charge in [-0.3, -0.25) is 4.90 Å². The normalized spacial score (nSPS) is 20.4. The van der Waals surface area contributed by atoms with E-state index in [-0.39, 0.29) is 2.88 Å². The van der Waals surface area contributed by atoms with E-state index in [4.69, 9.17) is 4.74 Å². The summed E-state index contributed by atoms with van der Waals surface area (Å²) >= 11 is 4.51. The first kappa shape index (κ1) is 14.5. The predicted octanol–water partition coefficient (Wildman–Crippen LogP) is 4.09. The van der Waals surface area contributed by atoms with E-state index < -0.39 is 0 Å². The number of hydrogen-bond acceptors (Lipinski definition) is 3. The molecule has 1 aliphatic heterocycles. The van der Waals surface area contributed by atoms with Gasteiger partial charge in [0.25, 0.3) is 0 Å². The average Bonchev–Trinajstić information content (AvgIpc) is 2.47. The Hall–Kier alpha value is 0.0600. The standard InChI is InChI=1S/C14H20INOS/c1-17-13-8-6-12(7-9-13)14(15,18-2)16-10-4-3-5-11-16/h6-9H,3-5,10-11H2,1-2H3. The molecule has 4 heteroatoms. The minimum absolute atomic E-state index is 0.0600. The summed E-state index contributed by atoms with van der Waals surface area (Å²) in [7, 11) is 1.71. The first-order valence-electron chi connectivity index (χ1n) is 6.34. The van der Waals surface area contributed by atoms with Crippen molar-refractivity contribution in [1.29, 1.82) is 0 Å². The third-order valence-electron chi connectivity index (χ3n) is 3.48. The maximum atomic E-state index is 5.24. The Morgan fingerprint density at radius 3 is 2.28 bits per heavy atom. The van der Waals surface area contributed by atoms with Gasteiger partial charge in [0.15, 0.2) is 0 Å². The van der Waals surface area contributed by atoms with Crippen LogP contribution in [0.3, 0.4) is 0 Å². The Kier molecular flexibility index (Phi) is 5.21. The summed E-state index contributed by atoms with van der Waals surface area (Å²) in [6.07, 6.45) is 6.22. The number of rotatable bonds is 4. The van der Waals surface area contributed by atoms with E-state index >= 15 is 0 Å². The SMILES string of the molecule is COc1ccc(C(I)(SC)N2CCCCC2)cc1. The molecule has 1 atom stereocenters. The summed E-state index contributed by atoms with van der Waals surface area (Å²) in [5.41, 5.74) is 1.36. The van der Waals surface area contributed by atoms with Crippen LogP contribution in [0.25, 0.3) is 0 Å². The van der Waals surface area contributed by atoms with Crippen LogP contribution < -0.4 is 4.74 Å². The van der Waals surface area contributed by atoms with Gasteiger partial charge in [-0.25, -0.2) is 0 Å². The highest BCUT2D eigenvalue weighted by Crippen LogP contribution is 2.46. The Balaban J connectivity index is 2.23. The van der Waals surface area contributed by atoms with E-state index in [1.165, 1.54) is 37.9 Å². The number of benzene rings is 1. The molecule has 0 bridgehead atoms. The average molecular weight is 377 g/mol. The van der Waals surface area contributed by atoms with Crippen LogP contribution in [0.5, 0.6) is 5.75 Å². The molecule has 1 unspecified atom stereocenters. The number of halogens is 1. The third kappa shape index (κ3) is 2.96. The molecule has 1 aromatic carbocycles. The van der Waals surface area contributed by atoms with Crippen molar-refractivity contribution in [2.45, 2.75) is 22.1 Å². The number of alkyl halides is 1. The molecule has 1 fully saturated rings. The minimum Gasteiger partial charge on any atom is -0.497 e. The Bertz CT molecular complexity index is 378. The van der Waals surface area contributed by atoms with Crippen LogP contribution in [0.4, 0.5) is 0 Å². The molecule has 0 N–H and O–H groups in total. The first-order chi connectivity index (χ1) is 8.70. The number of ether oxygens (including phenoxy) is 1. The molecule has 1 aromatic rings. The highest BCUT2D eigenvalue weighted by molar-refractivity contribution is 14.1. The van der Waals surface area contributed by atoms with Crippen molar-refractivity contribution >= 4 is 34.4 Å². The summed E-state index contributed by atoms with van der Waals surface area (Å²) in [4.78, 5) is 2.60. The summed E-state index contributed by atoms with van der Waals surface area (Å²) in [5.74, 6) is 0.928. The Morgan fingerprint density at radius 2 is 1.78 bits per heavy atom. The largest absolute Gasteiger partial charge is 0.497 e. The van der Waals surface area contributed by atoms with E-state index in [1.54, 1.807) is 7.11 Å². The van der Waals surface area contributed by atoms with Crippen molar-refractivity contribution in [3.05, 3.63) is 29.8 Å². The smallest absolute Gasteiger partial charge is 0.145 e. The lowest BCUT2D eigenvalue weighted by atomic mass is 10.1. The molecule has 0 aromatic heterocycles. The van der Waals surface area contributed by atoms with Crippen molar-refractivity contribution in [3.63, 3.8) is 0 Å². The fourth-order valence-electron chi connectivity index (χ4n) is 2.41. The lowest BCUT2D eigenvalue weighted by Crippen LogP contribution is -2.42. The van der Waals surface area contributed by atoms with E-state index in [2.05, 4.69) is 58.0 Å². The summed E-state index contributed by atoms with van der Waals surface area (Å²) in [6.45, 7) is 2.41. The Labute approximate surface area is 128 Å². The molecular formula is C14H20INOS. The zero-order chi connectivity index (χ0) is 13.0. The van der Waals surface area contributed by atoms with Gasteiger partial charge in [0.05, 0.1) is 7.11 Å². The number of piperidine rings is 1. The zero-order valence-electron chi connectivity index (χ0n) is 11.0. The van der Waals surface area contributed by atoms with Crippen LogP contribution in [-0.2, 0) is 2.88 Å². The van der Waals surface area contributed by atoms with E-state index in [9.17, 15) is 0 Å². The van der Waals surface area contributed by atoms with Crippen molar-refractivity contribution < 1.29 is 4.74 Å². The lowest BCUT2D eigenvalue weighted by Gasteiger charge is -2.41. The molecule has 0 amide bonds. The van der Waals surface area contributed by atoms with Crippen LogP contribution in [-0.4, -0.2) is 31.4 Å². The van der Waals surface area contributed by atoms with Crippen LogP contribution in [0.1, 0.15) is 24.8 Å². The predicted molar refractivity (Wildman–Crippen MR) is 87.6 cm³/mol. The monoisotopic (exact) mass is 377 g/mol. The van der Waals surface area contributed by atoms with Gasteiger partial charge in [0, 0.05) is 13.1 Å². The summed E-state index contributed by atoms with van der Waals surface area (Å²) in [6, 6.07) is 8.50. The van der Waals surface area contributed by atoms with Gasteiger partial charge < -0.3 is 4.74 Å². The molecule has 18 heavy (non-hydrogen) atoms. The molecule has 1 saturated heterocycles. The molecule has 2 rings (SSSR count). The van der Waals surface area contributed by atoms with Gasteiger partial charge in [-0.2, -0.15) is 0 Å². The molecule has 0 spiro atoms. The van der Waals surface area contributed by atoms with Gasteiger partial charge in [0.2, 0.25) is 0 Å². The van der Waals surface area contributed by atoms with Crippen molar-refractivity contribution in [2.75, 3.05) is 26.5 Å². The molecule has 1 aliphatic rings. The fraction of sp³-hybridized carbons (Fsp3) is 0.571. The topological polar surface area (TPSA) is 12.5 Å². The second kappa shape index (κ2) is 6.48. The van der Waals surface area contributed by atoms with Gasteiger partial charge in [-0.05, 0) is 59.4 Å². The van der Waals surface area contributed by atoms with E-state index in [0.29, 0.717) is 0 Å². The molecule has 100 valence electrons. The number of nitrogens with zero attached hydrogens (tertiary/aromatic N) is 1. The molecular weight excluding hydrogens is 357 g/mol. The van der Waals surface area contributed by atoms with Crippen molar-refractivity contribution in [1.82, 2.24) is 4.90 Å². The highest BCUT2D eigenvalue weighted by Gasteiger charge is 2.35. The van der Waals surface area contributed by atoms with Crippen LogP contribution >= 0.6 is 34.4 Å². The van der Waals surface area contributed by atoms with Crippen LogP contribution in [0, 0.1) is 0 Å². The van der Waals surface area contributed by atoms with Gasteiger partial charge in [0.1, 0.15) is 8.63 Å². The Morgan fingerprint density at radius 1 is 1.17 bits per heavy atom. The number of methoxy groups -OCH3 is 1. The fourth-order valence-corrected chi connectivity index (χ4v) is 4.06. The second-order valence-electron chi connectivity index (χ2n) is 4.54. The highest BCUT2D eigenvalue weighted by atomic mass is 127. The van der Waals surface area contributed by atoms with E-state index in [1.807, 2.05) is 11.8 Å². The van der Waals surface area contributed by atoms with Crippen molar-refractivity contribution in [2.24, 2.45) is 0 Å². The molecule has 0 radical (unpaired) electrons. The minimum atomic E-state index is 0.0600.